The SMILES string of the molecule is COc1ccc(CN[C@@H](C)c2ccccc2Br)cn1. The van der Waals surface area contributed by atoms with Crippen molar-refractivity contribution in [3.63, 3.8) is 0 Å². The lowest BCUT2D eigenvalue weighted by Gasteiger charge is -2.15. The fourth-order valence-electron chi connectivity index (χ4n) is 1.84. The van der Waals surface area contributed by atoms with Crippen LogP contribution in [0.2, 0.25) is 0 Å². The number of ether oxygens (including phenoxy) is 1. The lowest BCUT2D eigenvalue weighted by Crippen LogP contribution is -2.18. The Morgan fingerprint density at radius 1 is 1.26 bits per heavy atom. The average molecular weight is 321 g/mol. The number of rotatable bonds is 5. The van der Waals surface area contributed by atoms with E-state index in [1.54, 1.807) is 7.11 Å². The molecule has 0 saturated carbocycles. The summed E-state index contributed by atoms with van der Waals surface area (Å²) in [5.74, 6) is 0.641. The predicted molar refractivity (Wildman–Crippen MR) is 80.2 cm³/mol. The van der Waals surface area contributed by atoms with Gasteiger partial charge in [0.05, 0.1) is 7.11 Å². The molecule has 0 fully saturated rings. The van der Waals surface area contributed by atoms with Crippen molar-refractivity contribution in [1.29, 1.82) is 0 Å². The monoisotopic (exact) mass is 320 g/mol. The van der Waals surface area contributed by atoms with Crippen LogP contribution in [0, 0.1) is 0 Å². The molecular formula is C15H17BrN2O. The van der Waals surface area contributed by atoms with E-state index in [9.17, 15) is 0 Å². The standard InChI is InChI=1S/C15H17BrN2O/c1-11(13-5-3-4-6-14(13)16)17-9-12-7-8-15(19-2)18-10-12/h3-8,10-11,17H,9H2,1-2H3/t11-/m0/s1. The van der Waals surface area contributed by atoms with Crippen molar-refractivity contribution in [2.75, 3.05) is 7.11 Å². The smallest absolute Gasteiger partial charge is 0.212 e. The summed E-state index contributed by atoms with van der Waals surface area (Å²) in [6.45, 7) is 2.93. The Labute approximate surface area is 122 Å². The van der Waals surface area contributed by atoms with Crippen LogP contribution >= 0.6 is 15.9 Å². The van der Waals surface area contributed by atoms with E-state index in [1.807, 2.05) is 30.5 Å². The Morgan fingerprint density at radius 2 is 2.05 bits per heavy atom. The number of nitrogens with zero attached hydrogens (tertiary/aromatic N) is 1. The minimum Gasteiger partial charge on any atom is -0.481 e. The van der Waals surface area contributed by atoms with Crippen LogP contribution in [0.15, 0.2) is 47.1 Å². The van der Waals surface area contributed by atoms with Gasteiger partial charge in [-0.2, -0.15) is 0 Å². The third kappa shape index (κ3) is 3.78. The van der Waals surface area contributed by atoms with Gasteiger partial charge in [0.1, 0.15) is 0 Å². The molecule has 1 N–H and O–H groups in total. The molecule has 0 radical (unpaired) electrons. The van der Waals surface area contributed by atoms with Crippen LogP contribution in [0.5, 0.6) is 5.88 Å². The fraction of sp³-hybridized carbons (Fsp3) is 0.267. The van der Waals surface area contributed by atoms with E-state index in [0.717, 1.165) is 16.6 Å². The highest BCUT2D eigenvalue weighted by Crippen LogP contribution is 2.23. The maximum atomic E-state index is 5.04. The molecule has 100 valence electrons. The Morgan fingerprint density at radius 3 is 2.68 bits per heavy atom. The Kier molecular flexibility index (Phi) is 4.93. The van der Waals surface area contributed by atoms with E-state index >= 15 is 0 Å². The summed E-state index contributed by atoms with van der Waals surface area (Å²) in [6, 6.07) is 12.4. The van der Waals surface area contributed by atoms with Crippen LogP contribution in [0.3, 0.4) is 0 Å². The van der Waals surface area contributed by atoms with Gasteiger partial charge >= 0.3 is 0 Å². The van der Waals surface area contributed by atoms with E-state index in [2.05, 4.69) is 45.3 Å². The Balaban J connectivity index is 1.96. The first-order valence-electron chi connectivity index (χ1n) is 6.17. The second-order valence-corrected chi connectivity index (χ2v) is 5.19. The normalized spacial score (nSPS) is 12.2. The van der Waals surface area contributed by atoms with Crippen LogP contribution in [0.4, 0.5) is 0 Å². The molecule has 0 aliphatic rings. The highest BCUT2D eigenvalue weighted by molar-refractivity contribution is 9.10. The molecule has 0 spiro atoms. The molecular weight excluding hydrogens is 304 g/mol. The van der Waals surface area contributed by atoms with Crippen LogP contribution in [0.1, 0.15) is 24.1 Å². The van der Waals surface area contributed by atoms with Crippen molar-refractivity contribution < 1.29 is 4.74 Å². The summed E-state index contributed by atoms with van der Waals surface area (Å²) < 4.78 is 6.17. The molecule has 0 saturated heterocycles. The van der Waals surface area contributed by atoms with Crippen molar-refractivity contribution >= 4 is 15.9 Å². The third-order valence-electron chi connectivity index (χ3n) is 2.99. The largest absolute Gasteiger partial charge is 0.481 e. The summed E-state index contributed by atoms with van der Waals surface area (Å²) in [5, 5.41) is 3.48. The first-order valence-corrected chi connectivity index (χ1v) is 6.96. The molecule has 1 heterocycles. The molecule has 2 aromatic rings. The van der Waals surface area contributed by atoms with Crippen LogP contribution in [-0.4, -0.2) is 12.1 Å². The summed E-state index contributed by atoms with van der Waals surface area (Å²) >= 11 is 3.57. The van der Waals surface area contributed by atoms with Crippen molar-refractivity contribution in [1.82, 2.24) is 10.3 Å². The molecule has 1 atom stereocenters. The third-order valence-corrected chi connectivity index (χ3v) is 3.71. The number of aromatic nitrogens is 1. The number of hydrogen-bond donors (Lipinski definition) is 1. The van der Waals surface area contributed by atoms with E-state index in [4.69, 9.17) is 4.74 Å². The first kappa shape index (κ1) is 14.0. The highest BCUT2D eigenvalue weighted by atomic mass is 79.9. The fourth-order valence-corrected chi connectivity index (χ4v) is 2.47. The van der Waals surface area contributed by atoms with Gasteiger partial charge in [0, 0.05) is 29.3 Å². The molecule has 2 rings (SSSR count). The molecule has 0 amide bonds. The zero-order valence-corrected chi connectivity index (χ0v) is 12.6. The summed E-state index contributed by atoms with van der Waals surface area (Å²) in [5.41, 5.74) is 2.39. The lowest BCUT2D eigenvalue weighted by atomic mass is 10.1. The molecule has 3 nitrogen and oxygen atoms in total. The molecule has 1 aromatic carbocycles. The van der Waals surface area contributed by atoms with E-state index < -0.39 is 0 Å². The van der Waals surface area contributed by atoms with Gasteiger partial charge in [0.2, 0.25) is 5.88 Å². The molecule has 0 bridgehead atoms. The molecule has 19 heavy (non-hydrogen) atoms. The van der Waals surface area contributed by atoms with Gasteiger partial charge in [0.25, 0.3) is 0 Å². The average Bonchev–Trinajstić information content (AvgIpc) is 2.46. The number of benzene rings is 1. The van der Waals surface area contributed by atoms with Crippen molar-refractivity contribution in [3.8, 4) is 5.88 Å². The maximum Gasteiger partial charge on any atom is 0.212 e. The molecule has 0 unspecified atom stereocenters. The predicted octanol–water partition coefficient (Wildman–Crippen LogP) is 3.70. The van der Waals surface area contributed by atoms with Crippen molar-refractivity contribution in [3.05, 3.63) is 58.2 Å². The van der Waals surface area contributed by atoms with E-state index in [0.29, 0.717) is 5.88 Å². The number of pyridine rings is 1. The van der Waals surface area contributed by atoms with Gasteiger partial charge in [-0.25, -0.2) is 4.98 Å². The van der Waals surface area contributed by atoms with Gasteiger partial charge in [0.15, 0.2) is 0 Å². The quantitative estimate of drug-likeness (QED) is 0.912. The zero-order chi connectivity index (χ0) is 13.7. The second-order valence-electron chi connectivity index (χ2n) is 4.33. The highest BCUT2D eigenvalue weighted by Gasteiger charge is 2.08. The lowest BCUT2D eigenvalue weighted by molar-refractivity contribution is 0.397. The maximum absolute atomic E-state index is 5.04. The number of hydrogen-bond acceptors (Lipinski definition) is 3. The minimum absolute atomic E-state index is 0.276. The summed E-state index contributed by atoms with van der Waals surface area (Å²) in [7, 11) is 1.62. The molecule has 4 heteroatoms. The zero-order valence-electron chi connectivity index (χ0n) is 11.1. The van der Waals surface area contributed by atoms with Crippen LogP contribution in [-0.2, 0) is 6.54 Å². The van der Waals surface area contributed by atoms with Crippen molar-refractivity contribution in [2.24, 2.45) is 0 Å². The first-order chi connectivity index (χ1) is 9.20. The topological polar surface area (TPSA) is 34.1 Å². The van der Waals surface area contributed by atoms with E-state index in [1.165, 1.54) is 5.56 Å². The summed E-state index contributed by atoms with van der Waals surface area (Å²) in [6.07, 6.45) is 1.83. The Bertz CT molecular complexity index is 528. The number of methoxy groups -OCH3 is 1. The van der Waals surface area contributed by atoms with Crippen LogP contribution < -0.4 is 10.1 Å². The van der Waals surface area contributed by atoms with Gasteiger partial charge < -0.3 is 10.1 Å². The van der Waals surface area contributed by atoms with Gasteiger partial charge in [-0.3, -0.25) is 0 Å². The minimum atomic E-state index is 0.276. The van der Waals surface area contributed by atoms with Gasteiger partial charge in [-0.15, -0.1) is 0 Å². The van der Waals surface area contributed by atoms with Gasteiger partial charge in [-0.05, 0) is 24.1 Å². The molecule has 1 aromatic heterocycles. The van der Waals surface area contributed by atoms with E-state index in [-0.39, 0.29) is 6.04 Å². The Hall–Kier alpha value is -1.39. The molecule has 0 aliphatic heterocycles. The molecule has 0 aliphatic carbocycles. The van der Waals surface area contributed by atoms with Crippen molar-refractivity contribution in [2.45, 2.75) is 19.5 Å². The number of halogens is 1. The van der Waals surface area contributed by atoms with Crippen LogP contribution in [0.25, 0.3) is 0 Å². The summed E-state index contributed by atoms with van der Waals surface area (Å²) in [4.78, 5) is 4.19. The van der Waals surface area contributed by atoms with Gasteiger partial charge in [-0.1, -0.05) is 40.2 Å². The second kappa shape index (κ2) is 6.68. The number of nitrogens with one attached hydrogen (secondary N) is 1.